The number of nitrogens with zero attached hydrogens (tertiary/aromatic N) is 1. The first-order valence-corrected chi connectivity index (χ1v) is 7.45. The van der Waals surface area contributed by atoms with Crippen LogP contribution in [0, 0.1) is 0 Å². The number of hydrogen-bond acceptors (Lipinski definition) is 5. The van der Waals surface area contributed by atoms with Crippen LogP contribution in [0.25, 0.3) is 0 Å². The second kappa shape index (κ2) is 6.20. The molecule has 0 spiro atoms. The molecular weight excluding hydrogens is 246 g/mol. The molecule has 1 aliphatic rings. The first kappa shape index (κ1) is 14.2. The molecule has 0 radical (unpaired) electrons. The van der Waals surface area contributed by atoms with Crippen molar-refractivity contribution in [2.45, 2.75) is 19.4 Å². The molecule has 0 N–H and O–H groups in total. The summed E-state index contributed by atoms with van der Waals surface area (Å²) >= 11 is 0. The van der Waals surface area contributed by atoms with Crippen LogP contribution in [0.15, 0.2) is 0 Å². The van der Waals surface area contributed by atoms with Crippen molar-refractivity contribution in [1.29, 1.82) is 0 Å². The summed E-state index contributed by atoms with van der Waals surface area (Å²) in [6, 6.07) is -0.283. The zero-order chi connectivity index (χ0) is 12.9. The van der Waals surface area contributed by atoms with Gasteiger partial charge >= 0.3 is 6.09 Å². The van der Waals surface area contributed by atoms with E-state index in [1.165, 1.54) is 12.0 Å². The van der Waals surface area contributed by atoms with Gasteiger partial charge in [0.25, 0.3) is 0 Å². The molecule has 1 rings (SSSR count). The zero-order valence-corrected chi connectivity index (χ0v) is 11.0. The Labute approximate surface area is 102 Å². The van der Waals surface area contributed by atoms with Gasteiger partial charge in [0.1, 0.15) is 0 Å². The maximum atomic E-state index is 11.7. The smallest absolute Gasteiger partial charge is 0.410 e. The highest BCUT2D eigenvalue weighted by molar-refractivity contribution is 7.91. The molecule has 1 fully saturated rings. The summed E-state index contributed by atoms with van der Waals surface area (Å²) < 4.78 is 32.6. The lowest BCUT2D eigenvalue weighted by Gasteiger charge is -2.26. The fraction of sp³-hybridized carbons (Fsp3) is 0.900. The maximum Gasteiger partial charge on any atom is 0.410 e. The summed E-state index contributed by atoms with van der Waals surface area (Å²) in [5.41, 5.74) is 0. The van der Waals surface area contributed by atoms with Crippen LogP contribution in [-0.4, -0.2) is 63.8 Å². The van der Waals surface area contributed by atoms with E-state index in [4.69, 9.17) is 9.47 Å². The monoisotopic (exact) mass is 265 g/mol. The number of methoxy groups -OCH3 is 1. The molecule has 7 heteroatoms. The van der Waals surface area contributed by atoms with Crippen LogP contribution >= 0.6 is 0 Å². The standard InChI is InChI=1S/C10H19NO5S/c1-3-16-10(12)11(5-6-15-2)9-4-7-17(13,14)8-9/h9H,3-8H2,1-2H3. The van der Waals surface area contributed by atoms with Crippen molar-refractivity contribution in [3.63, 3.8) is 0 Å². The van der Waals surface area contributed by atoms with Crippen molar-refractivity contribution in [1.82, 2.24) is 4.90 Å². The summed E-state index contributed by atoms with van der Waals surface area (Å²) in [5, 5.41) is 0. The first-order chi connectivity index (χ1) is 8.00. The van der Waals surface area contributed by atoms with Gasteiger partial charge in [0.2, 0.25) is 0 Å². The van der Waals surface area contributed by atoms with Gasteiger partial charge < -0.3 is 14.4 Å². The van der Waals surface area contributed by atoms with Gasteiger partial charge in [0, 0.05) is 13.7 Å². The van der Waals surface area contributed by atoms with Crippen molar-refractivity contribution in [2.75, 3.05) is 38.4 Å². The summed E-state index contributed by atoms with van der Waals surface area (Å²) in [4.78, 5) is 13.2. The average molecular weight is 265 g/mol. The van der Waals surface area contributed by atoms with Crippen LogP contribution in [0.4, 0.5) is 4.79 Å². The molecule has 1 aliphatic heterocycles. The van der Waals surface area contributed by atoms with E-state index in [9.17, 15) is 13.2 Å². The third kappa shape index (κ3) is 4.16. The zero-order valence-electron chi connectivity index (χ0n) is 10.2. The Morgan fingerprint density at radius 2 is 2.18 bits per heavy atom. The summed E-state index contributed by atoms with van der Waals surface area (Å²) in [6.45, 7) is 2.73. The number of carbonyl (C=O) groups excluding carboxylic acids is 1. The fourth-order valence-electron chi connectivity index (χ4n) is 1.84. The van der Waals surface area contributed by atoms with E-state index in [1.807, 2.05) is 0 Å². The molecule has 1 saturated heterocycles. The molecule has 17 heavy (non-hydrogen) atoms. The van der Waals surface area contributed by atoms with Crippen LogP contribution in [-0.2, 0) is 19.3 Å². The number of carbonyl (C=O) groups is 1. The van der Waals surface area contributed by atoms with Crippen LogP contribution in [0.5, 0.6) is 0 Å². The van der Waals surface area contributed by atoms with Gasteiger partial charge in [-0.3, -0.25) is 0 Å². The average Bonchev–Trinajstić information content (AvgIpc) is 2.60. The number of sulfone groups is 1. The van der Waals surface area contributed by atoms with Crippen molar-refractivity contribution in [2.24, 2.45) is 0 Å². The summed E-state index contributed by atoms with van der Waals surface area (Å²) in [5.74, 6) is 0.163. The SMILES string of the molecule is CCOC(=O)N(CCOC)C1CCS(=O)(=O)C1. The van der Waals surface area contributed by atoms with Gasteiger partial charge in [-0.15, -0.1) is 0 Å². The molecule has 1 atom stereocenters. The second-order valence-electron chi connectivity index (χ2n) is 3.94. The topological polar surface area (TPSA) is 72.9 Å². The van der Waals surface area contributed by atoms with Crippen molar-refractivity contribution < 1.29 is 22.7 Å². The van der Waals surface area contributed by atoms with E-state index in [-0.39, 0.29) is 24.2 Å². The van der Waals surface area contributed by atoms with Gasteiger partial charge in [-0.2, -0.15) is 0 Å². The number of rotatable bonds is 5. The van der Waals surface area contributed by atoms with E-state index in [0.29, 0.717) is 19.6 Å². The minimum atomic E-state index is -3.00. The molecule has 1 amide bonds. The van der Waals surface area contributed by atoms with Gasteiger partial charge in [0.05, 0.1) is 30.8 Å². The highest BCUT2D eigenvalue weighted by atomic mass is 32.2. The number of hydrogen-bond donors (Lipinski definition) is 0. The molecule has 0 bridgehead atoms. The summed E-state index contributed by atoms with van der Waals surface area (Å²) in [6.07, 6.45) is 0.0110. The molecule has 0 aromatic heterocycles. The Morgan fingerprint density at radius 3 is 2.65 bits per heavy atom. The highest BCUT2D eigenvalue weighted by Gasteiger charge is 2.35. The normalized spacial score (nSPS) is 22.4. The molecule has 0 aromatic carbocycles. The minimum Gasteiger partial charge on any atom is -0.450 e. The van der Waals surface area contributed by atoms with Crippen molar-refractivity contribution >= 4 is 15.9 Å². The quantitative estimate of drug-likeness (QED) is 0.714. The summed E-state index contributed by atoms with van der Waals surface area (Å²) in [7, 11) is -1.47. The maximum absolute atomic E-state index is 11.7. The molecule has 100 valence electrons. The second-order valence-corrected chi connectivity index (χ2v) is 6.17. The molecular formula is C10H19NO5S. The Balaban J connectivity index is 2.66. The third-order valence-electron chi connectivity index (χ3n) is 2.69. The molecule has 1 unspecified atom stereocenters. The highest BCUT2D eigenvalue weighted by Crippen LogP contribution is 2.18. The van der Waals surface area contributed by atoms with Gasteiger partial charge in [-0.05, 0) is 13.3 Å². The number of ether oxygens (including phenoxy) is 2. The lowest BCUT2D eigenvalue weighted by atomic mass is 10.2. The van der Waals surface area contributed by atoms with Gasteiger partial charge in [-0.1, -0.05) is 0 Å². The molecule has 0 aromatic rings. The fourth-order valence-corrected chi connectivity index (χ4v) is 3.57. The third-order valence-corrected chi connectivity index (χ3v) is 4.44. The van der Waals surface area contributed by atoms with Crippen molar-refractivity contribution in [3.8, 4) is 0 Å². The Kier molecular flexibility index (Phi) is 5.20. The van der Waals surface area contributed by atoms with Crippen molar-refractivity contribution in [3.05, 3.63) is 0 Å². The van der Waals surface area contributed by atoms with Gasteiger partial charge in [0.15, 0.2) is 9.84 Å². The molecule has 1 heterocycles. The van der Waals surface area contributed by atoms with E-state index in [0.717, 1.165) is 0 Å². The molecule has 0 aliphatic carbocycles. The van der Waals surface area contributed by atoms with Gasteiger partial charge in [-0.25, -0.2) is 13.2 Å². The van der Waals surface area contributed by atoms with Crippen LogP contribution < -0.4 is 0 Å². The lowest BCUT2D eigenvalue weighted by molar-refractivity contribution is 0.0774. The Morgan fingerprint density at radius 1 is 1.47 bits per heavy atom. The van der Waals surface area contributed by atoms with E-state index >= 15 is 0 Å². The van der Waals surface area contributed by atoms with E-state index < -0.39 is 15.9 Å². The molecule has 0 saturated carbocycles. The predicted molar refractivity (Wildman–Crippen MR) is 62.7 cm³/mol. The van der Waals surface area contributed by atoms with E-state index in [2.05, 4.69) is 0 Å². The number of amides is 1. The molecule has 6 nitrogen and oxygen atoms in total. The van der Waals surface area contributed by atoms with Crippen LogP contribution in [0.1, 0.15) is 13.3 Å². The van der Waals surface area contributed by atoms with E-state index in [1.54, 1.807) is 6.92 Å². The first-order valence-electron chi connectivity index (χ1n) is 5.63. The van der Waals surface area contributed by atoms with Crippen LogP contribution in [0.2, 0.25) is 0 Å². The lowest BCUT2D eigenvalue weighted by Crippen LogP contribution is -2.43. The Hall–Kier alpha value is -0.820. The minimum absolute atomic E-state index is 0.0233. The van der Waals surface area contributed by atoms with Crippen LogP contribution in [0.3, 0.4) is 0 Å². The predicted octanol–water partition coefficient (Wildman–Crippen LogP) is 0.278. The Bertz CT molecular complexity index is 354. The largest absolute Gasteiger partial charge is 0.450 e.